The topological polar surface area (TPSA) is 34.1 Å². The van der Waals surface area contributed by atoms with Gasteiger partial charge in [0.15, 0.2) is 0 Å². The van der Waals surface area contributed by atoms with Crippen molar-refractivity contribution >= 4 is 5.71 Å². The summed E-state index contributed by atoms with van der Waals surface area (Å²) in [6, 6.07) is 0. The summed E-state index contributed by atoms with van der Waals surface area (Å²) in [5.41, 5.74) is 0.960. The van der Waals surface area contributed by atoms with Crippen molar-refractivity contribution in [1.82, 2.24) is 4.90 Å². The third-order valence-corrected chi connectivity index (χ3v) is 1.85. The first-order valence-electron chi connectivity index (χ1n) is 4.72. The highest BCUT2D eigenvalue weighted by Gasteiger charge is 2.09. The predicted octanol–water partition coefficient (Wildman–Crippen LogP) is 0.731. The monoisotopic (exact) mass is 186 g/mol. The van der Waals surface area contributed by atoms with Gasteiger partial charge >= 0.3 is 0 Å². The molecule has 1 rings (SSSR count). The lowest BCUT2D eigenvalue weighted by atomic mass is 10.4. The molecule has 1 heterocycles. The number of rotatable bonds is 4. The van der Waals surface area contributed by atoms with Crippen LogP contribution in [0.4, 0.5) is 0 Å². The molecule has 0 amide bonds. The fraction of sp³-hybridized carbons (Fsp3) is 0.889. The molecule has 0 aromatic carbocycles. The van der Waals surface area contributed by atoms with Crippen LogP contribution in [0.1, 0.15) is 13.8 Å². The van der Waals surface area contributed by atoms with Gasteiger partial charge in [-0.05, 0) is 13.8 Å². The molecule has 1 saturated heterocycles. The first-order valence-corrected chi connectivity index (χ1v) is 4.72. The van der Waals surface area contributed by atoms with Crippen LogP contribution >= 0.6 is 0 Å². The predicted molar refractivity (Wildman–Crippen MR) is 52.0 cm³/mol. The van der Waals surface area contributed by atoms with E-state index in [0.717, 1.165) is 38.6 Å². The molecule has 1 fully saturated rings. The maximum atomic E-state index is 5.23. The van der Waals surface area contributed by atoms with Gasteiger partial charge in [-0.3, -0.25) is 4.90 Å². The average molecular weight is 186 g/mol. The Morgan fingerprint density at radius 1 is 1.38 bits per heavy atom. The summed E-state index contributed by atoms with van der Waals surface area (Å²) in [7, 11) is 0. The molecule has 1 aliphatic heterocycles. The van der Waals surface area contributed by atoms with Crippen LogP contribution in [0, 0.1) is 0 Å². The van der Waals surface area contributed by atoms with Crippen LogP contribution in [0.25, 0.3) is 0 Å². The van der Waals surface area contributed by atoms with Crippen molar-refractivity contribution in [1.29, 1.82) is 0 Å². The minimum atomic E-state index is 0.672. The van der Waals surface area contributed by atoms with Crippen molar-refractivity contribution in [3.63, 3.8) is 0 Å². The molecule has 0 N–H and O–H groups in total. The molecule has 0 aromatic heterocycles. The first kappa shape index (κ1) is 10.5. The van der Waals surface area contributed by atoms with Gasteiger partial charge in [0.05, 0.1) is 18.9 Å². The number of ether oxygens (including phenoxy) is 1. The molecule has 4 nitrogen and oxygen atoms in total. The summed E-state index contributed by atoms with van der Waals surface area (Å²) in [6.45, 7) is 9.18. The van der Waals surface area contributed by atoms with Gasteiger partial charge in [-0.15, -0.1) is 0 Å². The molecule has 0 radical (unpaired) electrons. The molecular weight excluding hydrogens is 168 g/mol. The summed E-state index contributed by atoms with van der Waals surface area (Å²) in [5.74, 6) is 0. The van der Waals surface area contributed by atoms with E-state index in [2.05, 4.69) is 10.1 Å². The highest BCUT2D eigenvalue weighted by molar-refractivity contribution is 5.78. The highest BCUT2D eigenvalue weighted by Crippen LogP contribution is 1.95. The molecule has 0 aliphatic carbocycles. The maximum absolute atomic E-state index is 5.23. The zero-order valence-electron chi connectivity index (χ0n) is 8.45. The molecular formula is C9H18N2O2. The van der Waals surface area contributed by atoms with E-state index in [4.69, 9.17) is 9.57 Å². The van der Waals surface area contributed by atoms with Gasteiger partial charge in [-0.2, -0.15) is 0 Å². The summed E-state index contributed by atoms with van der Waals surface area (Å²) in [5, 5.41) is 3.87. The van der Waals surface area contributed by atoms with Gasteiger partial charge in [0.25, 0.3) is 0 Å². The van der Waals surface area contributed by atoms with Crippen molar-refractivity contribution in [2.75, 3.05) is 39.5 Å². The lowest BCUT2D eigenvalue weighted by Gasteiger charge is -2.25. The van der Waals surface area contributed by atoms with Gasteiger partial charge in [0, 0.05) is 19.6 Å². The second-order valence-corrected chi connectivity index (χ2v) is 3.33. The van der Waals surface area contributed by atoms with Crippen molar-refractivity contribution < 1.29 is 9.57 Å². The van der Waals surface area contributed by atoms with Crippen LogP contribution in [0.5, 0.6) is 0 Å². The smallest absolute Gasteiger partial charge is 0.129 e. The molecule has 0 bridgehead atoms. The van der Waals surface area contributed by atoms with E-state index in [9.17, 15) is 0 Å². The Morgan fingerprint density at radius 3 is 2.69 bits per heavy atom. The largest absolute Gasteiger partial charge is 0.395 e. The Balaban J connectivity index is 2.01. The third kappa shape index (κ3) is 4.85. The number of hydrogen-bond donors (Lipinski definition) is 0. The van der Waals surface area contributed by atoms with Crippen LogP contribution in [0.2, 0.25) is 0 Å². The van der Waals surface area contributed by atoms with E-state index in [0.29, 0.717) is 6.61 Å². The minimum Gasteiger partial charge on any atom is -0.395 e. The molecule has 0 saturated carbocycles. The summed E-state index contributed by atoms with van der Waals surface area (Å²) in [6.07, 6.45) is 0. The van der Waals surface area contributed by atoms with E-state index < -0.39 is 0 Å². The fourth-order valence-corrected chi connectivity index (χ4v) is 1.17. The van der Waals surface area contributed by atoms with Crippen molar-refractivity contribution in [3.8, 4) is 0 Å². The van der Waals surface area contributed by atoms with Crippen molar-refractivity contribution in [2.24, 2.45) is 5.16 Å². The number of oxime groups is 1. The second-order valence-electron chi connectivity index (χ2n) is 3.33. The van der Waals surface area contributed by atoms with E-state index in [1.54, 1.807) is 0 Å². The van der Waals surface area contributed by atoms with E-state index in [1.807, 2.05) is 13.8 Å². The number of hydrogen-bond acceptors (Lipinski definition) is 4. The zero-order valence-corrected chi connectivity index (χ0v) is 8.45. The average Bonchev–Trinajstić information content (AvgIpc) is 2.14. The van der Waals surface area contributed by atoms with Crippen LogP contribution in [0.3, 0.4) is 0 Å². The summed E-state index contributed by atoms with van der Waals surface area (Å²) >= 11 is 0. The van der Waals surface area contributed by atoms with Crippen LogP contribution in [-0.4, -0.2) is 50.1 Å². The van der Waals surface area contributed by atoms with Gasteiger partial charge in [-0.1, -0.05) is 5.16 Å². The highest BCUT2D eigenvalue weighted by atomic mass is 16.6. The van der Waals surface area contributed by atoms with Gasteiger partial charge in [0.1, 0.15) is 6.61 Å². The van der Waals surface area contributed by atoms with Crippen LogP contribution in [-0.2, 0) is 9.57 Å². The zero-order chi connectivity index (χ0) is 9.52. The second kappa shape index (κ2) is 5.94. The Hall–Kier alpha value is -0.610. The lowest BCUT2D eigenvalue weighted by molar-refractivity contribution is 0.0211. The summed E-state index contributed by atoms with van der Waals surface area (Å²) in [4.78, 5) is 7.43. The summed E-state index contributed by atoms with van der Waals surface area (Å²) < 4.78 is 5.23. The minimum absolute atomic E-state index is 0.672. The molecule has 4 heteroatoms. The van der Waals surface area contributed by atoms with E-state index in [1.165, 1.54) is 0 Å². The van der Waals surface area contributed by atoms with Crippen LogP contribution < -0.4 is 0 Å². The molecule has 0 unspecified atom stereocenters. The quantitative estimate of drug-likeness (QED) is 0.369. The van der Waals surface area contributed by atoms with Crippen molar-refractivity contribution in [3.05, 3.63) is 0 Å². The lowest BCUT2D eigenvalue weighted by Crippen LogP contribution is -2.38. The standard InChI is InChI=1S/C9H18N2O2/c1-9(2)10-13-8-5-11-3-6-12-7-4-11/h3-8H2,1-2H3. The van der Waals surface area contributed by atoms with Crippen molar-refractivity contribution in [2.45, 2.75) is 13.8 Å². The van der Waals surface area contributed by atoms with E-state index >= 15 is 0 Å². The Bertz CT molecular complexity index is 161. The molecule has 0 atom stereocenters. The van der Waals surface area contributed by atoms with Crippen LogP contribution in [0.15, 0.2) is 5.16 Å². The first-order chi connectivity index (χ1) is 6.29. The third-order valence-electron chi connectivity index (χ3n) is 1.85. The molecule has 0 aromatic rings. The molecule has 76 valence electrons. The van der Waals surface area contributed by atoms with Gasteiger partial charge in [0.2, 0.25) is 0 Å². The molecule has 1 aliphatic rings. The SMILES string of the molecule is CC(C)=NOCCN1CCOCC1. The Labute approximate surface area is 79.5 Å². The fourth-order valence-electron chi connectivity index (χ4n) is 1.17. The molecule has 13 heavy (non-hydrogen) atoms. The Kier molecular flexibility index (Phi) is 4.78. The van der Waals surface area contributed by atoms with Gasteiger partial charge < -0.3 is 9.57 Å². The number of morpholine rings is 1. The normalized spacial score (nSPS) is 18.3. The van der Waals surface area contributed by atoms with E-state index in [-0.39, 0.29) is 0 Å². The molecule has 0 spiro atoms. The maximum Gasteiger partial charge on any atom is 0.129 e. The Morgan fingerprint density at radius 2 is 2.08 bits per heavy atom. The number of nitrogens with zero attached hydrogens (tertiary/aromatic N) is 2. The van der Waals surface area contributed by atoms with Gasteiger partial charge in [-0.25, -0.2) is 0 Å².